The molecular formula is C33H52N4O5. The molecule has 0 spiro atoms. The lowest BCUT2D eigenvalue weighted by Gasteiger charge is -2.13. The molecule has 4 N–H and O–H groups in total. The number of nitrogens with one attached hydrogen (secondary N) is 1. The molecule has 0 amide bonds. The number of aryl methyl sites for hydroxylation is 1. The fourth-order valence-corrected chi connectivity index (χ4v) is 4.25. The molecule has 0 bridgehead atoms. The molecule has 0 aliphatic carbocycles. The smallest absolute Gasteiger partial charge is 0.320 e. The molecule has 2 aromatic heterocycles. The van der Waals surface area contributed by atoms with Crippen LogP contribution in [0.5, 0.6) is 0 Å². The number of nitrogens with zero attached hydrogens (tertiary/aromatic N) is 3. The van der Waals surface area contributed by atoms with E-state index in [2.05, 4.69) is 34.0 Å². The van der Waals surface area contributed by atoms with Crippen molar-refractivity contribution in [1.82, 2.24) is 19.9 Å². The maximum Gasteiger partial charge on any atom is 0.320 e. The van der Waals surface area contributed by atoms with Crippen molar-refractivity contribution in [3.63, 3.8) is 0 Å². The lowest BCUT2D eigenvalue weighted by Crippen LogP contribution is -2.32. The summed E-state index contributed by atoms with van der Waals surface area (Å²) in [5.41, 5.74) is 2.62. The number of aliphatic hydroxyl groups excluding tert-OH is 1. The zero-order valence-electron chi connectivity index (χ0n) is 26.0. The van der Waals surface area contributed by atoms with E-state index in [9.17, 15) is 9.59 Å². The van der Waals surface area contributed by atoms with E-state index in [0.29, 0.717) is 17.9 Å². The number of carboxylic acids is 2. The quantitative estimate of drug-likeness (QED) is 0.136. The number of aromatic amines is 1. The van der Waals surface area contributed by atoms with Crippen molar-refractivity contribution in [2.24, 2.45) is 0 Å². The Morgan fingerprint density at radius 3 is 2.00 bits per heavy atom. The minimum Gasteiger partial charge on any atom is -0.481 e. The van der Waals surface area contributed by atoms with Crippen molar-refractivity contribution in [2.45, 2.75) is 103 Å². The third-order valence-corrected chi connectivity index (χ3v) is 7.01. The molecule has 0 saturated carbocycles. The zero-order chi connectivity index (χ0) is 31.2. The van der Waals surface area contributed by atoms with Crippen LogP contribution in [0.25, 0.3) is 10.9 Å². The van der Waals surface area contributed by atoms with Gasteiger partial charge in [-0.1, -0.05) is 89.0 Å². The first-order valence-electron chi connectivity index (χ1n) is 15.3. The van der Waals surface area contributed by atoms with Gasteiger partial charge in [-0.2, -0.15) is 0 Å². The molecule has 1 aromatic carbocycles. The molecule has 3 rings (SSSR count). The van der Waals surface area contributed by atoms with E-state index in [1.807, 2.05) is 30.5 Å². The summed E-state index contributed by atoms with van der Waals surface area (Å²) in [5, 5.41) is 27.5. The van der Waals surface area contributed by atoms with Gasteiger partial charge < -0.3 is 20.3 Å². The van der Waals surface area contributed by atoms with Gasteiger partial charge in [-0.25, -0.2) is 4.98 Å². The first-order valence-corrected chi connectivity index (χ1v) is 15.3. The van der Waals surface area contributed by atoms with Gasteiger partial charge in [0.1, 0.15) is 11.9 Å². The number of para-hydroxylation sites is 1. The summed E-state index contributed by atoms with van der Waals surface area (Å²) < 4.78 is 0. The third-order valence-electron chi connectivity index (χ3n) is 7.01. The molecular weight excluding hydrogens is 532 g/mol. The van der Waals surface area contributed by atoms with E-state index in [1.54, 1.807) is 25.9 Å². The van der Waals surface area contributed by atoms with Crippen molar-refractivity contribution in [3.05, 3.63) is 59.8 Å². The number of hydrogen-bond donors (Lipinski definition) is 4. The fourth-order valence-electron chi connectivity index (χ4n) is 4.25. The lowest BCUT2D eigenvalue weighted by molar-refractivity contribution is -0.141. The number of benzene rings is 1. The number of likely N-dealkylation sites (N-methyl/N-ethyl adjacent to an activating group) is 1. The van der Waals surface area contributed by atoms with Crippen molar-refractivity contribution in [1.29, 1.82) is 0 Å². The highest BCUT2D eigenvalue weighted by Crippen LogP contribution is 2.15. The Morgan fingerprint density at radius 2 is 1.48 bits per heavy atom. The van der Waals surface area contributed by atoms with Crippen LogP contribution in [0.15, 0.2) is 42.6 Å². The van der Waals surface area contributed by atoms with E-state index < -0.39 is 11.9 Å². The molecule has 0 saturated heterocycles. The Labute approximate surface area is 251 Å². The van der Waals surface area contributed by atoms with Gasteiger partial charge in [0.25, 0.3) is 0 Å². The maximum absolute atomic E-state index is 10.9. The second-order valence-corrected chi connectivity index (χ2v) is 10.8. The first-order chi connectivity index (χ1) is 20.2. The highest BCUT2D eigenvalue weighted by Gasteiger charge is 2.13. The summed E-state index contributed by atoms with van der Waals surface area (Å²) in [4.78, 5) is 34.3. The van der Waals surface area contributed by atoms with Crippen molar-refractivity contribution < 1.29 is 24.9 Å². The van der Waals surface area contributed by atoms with Gasteiger partial charge in [0, 0.05) is 23.7 Å². The second-order valence-electron chi connectivity index (χ2n) is 10.8. The number of fused-ring (bicyclic) bond motifs is 1. The summed E-state index contributed by atoms with van der Waals surface area (Å²) in [6.45, 7) is 3.91. The molecule has 1 unspecified atom stereocenters. The predicted octanol–water partition coefficient (Wildman–Crippen LogP) is 6.29. The largest absolute Gasteiger partial charge is 0.481 e. The van der Waals surface area contributed by atoms with Crippen LogP contribution >= 0.6 is 0 Å². The number of imidazole rings is 1. The van der Waals surface area contributed by atoms with Gasteiger partial charge >= 0.3 is 11.9 Å². The number of carbonyl (C=O) groups is 2. The van der Waals surface area contributed by atoms with E-state index in [4.69, 9.17) is 15.3 Å². The maximum atomic E-state index is 10.9. The molecule has 3 aromatic rings. The molecule has 0 fully saturated rings. The predicted molar refractivity (Wildman–Crippen MR) is 169 cm³/mol. The Kier molecular flexibility index (Phi) is 19.5. The number of aliphatic hydroxyl groups is 1. The van der Waals surface area contributed by atoms with Crippen molar-refractivity contribution >= 4 is 22.8 Å². The van der Waals surface area contributed by atoms with E-state index in [1.165, 1.54) is 63.2 Å². The first kappa shape index (κ1) is 36.7. The van der Waals surface area contributed by atoms with E-state index >= 15 is 0 Å². The minimum atomic E-state index is -0.860. The summed E-state index contributed by atoms with van der Waals surface area (Å²) in [7, 11) is 3.47. The molecule has 9 heteroatoms. The van der Waals surface area contributed by atoms with Gasteiger partial charge in [0.2, 0.25) is 0 Å². The Bertz CT molecular complexity index is 1080. The second kappa shape index (κ2) is 22.3. The number of rotatable bonds is 17. The third kappa shape index (κ3) is 16.2. The Balaban J connectivity index is 0.000000395. The number of aliphatic carboxylic acids is 2. The average Bonchev–Trinajstić information content (AvgIpc) is 3.34. The molecule has 9 nitrogen and oxygen atoms in total. The summed E-state index contributed by atoms with van der Waals surface area (Å²) in [5.74, 6) is -0.952. The number of unbranched alkanes of at least 4 members (excludes halogenated alkanes) is 9. The van der Waals surface area contributed by atoms with Crippen LogP contribution in [0.1, 0.15) is 95.3 Å². The van der Waals surface area contributed by atoms with Crippen LogP contribution in [0.2, 0.25) is 0 Å². The Morgan fingerprint density at radius 1 is 0.881 bits per heavy atom. The molecule has 0 aliphatic rings. The van der Waals surface area contributed by atoms with Crippen LogP contribution in [0.4, 0.5) is 0 Å². The normalized spacial score (nSPS) is 11.4. The highest BCUT2D eigenvalue weighted by atomic mass is 16.4. The van der Waals surface area contributed by atoms with Crippen LogP contribution in [-0.2, 0) is 28.9 Å². The SMILES string of the molecule is CC(C(=O)O)N(C)C.CCCCCCCCCCCCc1[nH]c(CCO)nc1CC(=O)O.c1ccc2ncccc2c1. The number of carboxylic acid groups (broad SMARTS) is 2. The van der Waals surface area contributed by atoms with Crippen molar-refractivity contribution in [2.75, 3.05) is 20.7 Å². The van der Waals surface area contributed by atoms with Gasteiger partial charge in [0.05, 0.1) is 24.2 Å². The van der Waals surface area contributed by atoms with Crippen LogP contribution < -0.4 is 0 Å². The minimum absolute atomic E-state index is 0.0255. The summed E-state index contributed by atoms with van der Waals surface area (Å²) in [6, 6.07) is 11.7. The lowest BCUT2D eigenvalue weighted by atomic mass is 10.0. The van der Waals surface area contributed by atoms with Crippen molar-refractivity contribution in [3.8, 4) is 0 Å². The van der Waals surface area contributed by atoms with E-state index in [-0.39, 0.29) is 19.1 Å². The van der Waals surface area contributed by atoms with Gasteiger partial charge in [-0.15, -0.1) is 0 Å². The molecule has 2 heterocycles. The summed E-state index contributed by atoms with van der Waals surface area (Å²) in [6.07, 6.45) is 15.9. The monoisotopic (exact) mass is 584 g/mol. The molecule has 0 aliphatic heterocycles. The number of pyridine rings is 1. The molecule has 42 heavy (non-hydrogen) atoms. The zero-order valence-corrected chi connectivity index (χ0v) is 26.0. The van der Waals surface area contributed by atoms with Gasteiger partial charge in [0.15, 0.2) is 0 Å². The number of H-pyrrole nitrogens is 1. The fraction of sp³-hybridized carbons (Fsp3) is 0.576. The average molecular weight is 585 g/mol. The number of aromatic nitrogens is 3. The highest BCUT2D eigenvalue weighted by molar-refractivity contribution is 5.77. The van der Waals surface area contributed by atoms with Gasteiger partial charge in [-0.05, 0) is 46.0 Å². The molecule has 0 radical (unpaired) electrons. The van der Waals surface area contributed by atoms with E-state index in [0.717, 1.165) is 24.1 Å². The van der Waals surface area contributed by atoms with Crippen LogP contribution in [0.3, 0.4) is 0 Å². The number of hydrogen-bond acceptors (Lipinski definition) is 6. The standard InChI is InChI=1S/C19H34N2O3.C9H7N.C5H11NO2/c1-2-3-4-5-6-7-8-9-10-11-12-16-17(15-19(23)24)21-18(20-16)13-14-22;1-2-6-9-8(4-1)5-3-7-10-9;1-4(5(7)8)6(2)3/h22H,2-15H2,1H3,(H,20,21)(H,23,24);1-7H;4H,1-3H3,(H,7,8). The van der Waals surface area contributed by atoms with Gasteiger partial charge in [-0.3, -0.25) is 19.5 Å². The Hall–Kier alpha value is -3.30. The molecule has 1 atom stereocenters. The summed E-state index contributed by atoms with van der Waals surface area (Å²) >= 11 is 0. The van der Waals surface area contributed by atoms with Crippen LogP contribution in [-0.4, -0.2) is 73.9 Å². The molecule has 234 valence electrons. The topological polar surface area (TPSA) is 140 Å². The van der Waals surface area contributed by atoms with Crippen LogP contribution in [0, 0.1) is 0 Å².